The maximum absolute atomic E-state index is 13.2. The molecule has 4 heterocycles. The summed E-state index contributed by atoms with van der Waals surface area (Å²) in [6.07, 6.45) is 9.64. The molecule has 29 heavy (non-hydrogen) atoms. The van der Waals surface area contributed by atoms with Gasteiger partial charge in [0.15, 0.2) is 5.82 Å². The van der Waals surface area contributed by atoms with Crippen LogP contribution in [0.4, 0.5) is 5.82 Å². The molecule has 2 aromatic rings. The third-order valence-electron chi connectivity index (χ3n) is 6.48. The molecule has 0 bridgehead atoms. The average Bonchev–Trinajstić information content (AvgIpc) is 3.58. The molecule has 0 aromatic carbocycles. The van der Waals surface area contributed by atoms with Crippen molar-refractivity contribution < 1.29 is 4.79 Å². The Hall–Kier alpha value is -2.50. The summed E-state index contributed by atoms with van der Waals surface area (Å²) >= 11 is 0. The summed E-state index contributed by atoms with van der Waals surface area (Å²) in [6, 6.07) is 5.44. The molecule has 6 heteroatoms. The topological polar surface area (TPSA) is 62.2 Å². The maximum Gasteiger partial charge on any atom is 0.273 e. The number of anilines is 1. The van der Waals surface area contributed by atoms with E-state index in [0.29, 0.717) is 5.69 Å². The van der Waals surface area contributed by atoms with Gasteiger partial charge >= 0.3 is 0 Å². The third-order valence-corrected chi connectivity index (χ3v) is 6.48. The number of aryl methyl sites for hydroxylation is 1. The number of fused-ring (bicyclic) bond motifs is 1. The van der Waals surface area contributed by atoms with Crippen molar-refractivity contribution in [3.8, 4) is 0 Å². The van der Waals surface area contributed by atoms with E-state index in [1.165, 1.54) is 24.8 Å². The number of carbonyl (C=O) groups excluding carboxylic acids is 1. The number of piperidine rings is 1. The van der Waals surface area contributed by atoms with E-state index in [2.05, 4.69) is 16.8 Å². The minimum absolute atomic E-state index is 0.0101. The molecule has 1 amide bonds. The molecule has 152 valence electrons. The van der Waals surface area contributed by atoms with Crippen LogP contribution in [-0.2, 0) is 6.42 Å². The lowest BCUT2D eigenvalue weighted by atomic mass is 9.99. The summed E-state index contributed by atoms with van der Waals surface area (Å²) in [6.45, 7) is 5.05. The van der Waals surface area contributed by atoms with E-state index in [-0.39, 0.29) is 11.9 Å². The molecule has 1 atom stereocenters. The highest BCUT2D eigenvalue weighted by atomic mass is 16.2. The second-order valence-corrected chi connectivity index (χ2v) is 8.69. The number of hydrogen-bond acceptors (Lipinski definition) is 5. The van der Waals surface area contributed by atoms with Crippen molar-refractivity contribution in [2.45, 2.75) is 57.9 Å². The van der Waals surface area contributed by atoms with Gasteiger partial charge in [-0.15, -0.1) is 0 Å². The van der Waals surface area contributed by atoms with Crippen LogP contribution in [0.5, 0.6) is 0 Å². The summed E-state index contributed by atoms with van der Waals surface area (Å²) in [5.74, 6) is 2.76. The smallest absolute Gasteiger partial charge is 0.273 e. The van der Waals surface area contributed by atoms with Crippen molar-refractivity contribution in [2.75, 3.05) is 24.5 Å². The van der Waals surface area contributed by atoms with Crippen LogP contribution in [0.1, 0.15) is 72.1 Å². The molecule has 1 saturated carbocycles. The van der Waals surface area contributed by atoms with Gasteiger partial charge in [0, 0.05) is 37.1 Å². The van der Waals surface area contributed by atoms with Gasteiger partial charge in [0.05, 0.1) is 6.04 Å². The molecule has 0 N–H and O–H groups in total. The molecular weight excluding hydrogens is 362 g/mol. The number of hydrogen-bond donors (Lipinski definition) is 0. The van der Waals surface area contributed by atoms with E-state index in [1.807, 2.05) is 17.0 Å². The molecule has 2 aromatic heterocycles. The second kappa shape index (κ2) is 7.73. The molecule has 2 fully saturated rings. The van der Waals surface area contributed by atoms with Gasteiger partial charge in [0.25, 0.3) is 5.91 Å². The predicted octanol–water partition coefficient (Wildman–Crippen LogP) is 3.71. The van der Waals surface area contributed by atoms with E-state index in [1.54, 1.807) is 12.3 Å². The lowest BCUT2D eigenvalue weighted by molar-refractivity contribution is 0.0593. The van der Waals surface area contributed by atoms with E-state index < -0.39 is 0 Å². The van der Waals surface area contributed by atoms with Crippen LogP contribution in [0.2, 0.25) is 0 Å². The fraction of sp³-hybridized carbons (Fsp3) is 0.565. The average molecular weight is 392 g/mol. The van der Waals surface area contributed by atoms with Gasteiger partial charge in [-0.05, 0) is 69.9 Å². The van der Waals surface area contributed by atoms with E-state index in [4.69, 9.17) is 9.97 Å². The first-order valence-corrected chi connectivity index (χ1v) is 11.0. The fourth-order valence-corrected chi connectivity index (χ4v) is 4.73. The minimum atomic E-state index is -0.0630. The summed E-state index contributed by atoms with van der Waals surface area (Å²) in [5.41, 5.74) is 2.89. The number of carbonyl (C=O) groups is 1. The quantitative estimate of drug-likeness (QED) is 0.795. The Morgan fingerprint density at radius 1 is 1.10 bits per heavy atom. The molecule has 0 radical (unpaired) electrons. The zero-order chi connectivity index (χ0) is 19.8. The Morgan fingerprint density at radius 3 is 2.79 bits per heavy atom. The summed E-state index contributed by atoms with van der Waals surface area (Å²) in [5, 5.41) is 0. The molecule has 2 aliphatic heterocycles. The zero-order valence-electron chi connectivity index (χ0n) is 17.2. The van der Waals surface area contributed by atoms with Crippen molar-refractivity contribution >= 4 is 11.7 Å². The zero-order valence-corrected chi connectivity index (χ0v) is 17.2. The minimum Gasteiger partial charge on any atom is -0.356 e. The summed E-state index contributed by atoms with van der Waals surface area (Å²) < 4.78 is 0. The van der Waals surface area contributed by atoms with Crippen molar-refractivity contribution in [3.63, 3.8) is 0 Å². The number of likely N-dealkylation sites (tertiary alicyclic amines) is 1. The number of nitrogens with zero attached hydrogens (tertiary/aromatic N) is 5. The Balaban J connectivity index is 1.48. The molecule has 1 aliphatic carbocycles. The monoisotopic (exact) mass is 391 g/mol. The van der Waals surface area contributed by atoms with E-state index in [9.17, 15) is 4.79 Å². The van der Waals surface area contributed by atoms with E-state index >= 15 is 0 Å². The molecule has 5 rings (SSSR count). The van der Waals surface area contributed by atoms with Gasteiger partial charge in [0.1, 0.15) is 11.5 Å². The lowest BCUT2D eigenvalue weighted by Crippen LogP contribution is -2.40. The number of pyridine rings is 1. The first-order chi connectivity index (χ1) is 14.2. The first kappa shape index (κ1) is 18.5. The summed E-state index contributed by atoms with van der Waals surface area (Å²) in [4.78, 5) is 31.9. The van der Waals surface area contributed by atoms with Crippen molar-refractivity contribution in [2.24, 2.45) is 5.92 Å². The highest BCUT2D eigenvalue weighted by Crippen LogP contribution is 2.37. The fourth-order valence-electron chi connectivity index (χ4n) is 4.73. The number of rotatable bonds is 4. The normalized spacial score (nSPS) is 21.8. The first-order valence-electron chi connectivity index (χ1n) is 11.0. The van der Waals surface area contributed by atoms with Crippen LogP contribution in [0.15, 0.2) is 24.4 Å². The Labute approximate surface area is 172 Å². The van der Waals surface area contributed by atoms with E-state index in [0.717, 1.165) is 68.6 Å². The highest BCUT2D eigenvalue weighted by Gasteiger charge is 2.34. The SMILES string of the molecule is Cc1nc([C@H]2CCCCN2C(=O)c2ccccn2)nc2c1CCCN2CC1CC1. The number of aromatic nitrogens is 3. The Morgan fingerprint density at radius 2 is 2.00 bits per heavy atom. The second-order valence-electron chi connectivity index (χ2n) is 8.69. The largest absolute Gasteiger partial charge is 0.356 e. The standard InChI is InChI=1S/C23H29N5O/c1-16-18-7-6-13-27(15-17-10-11-17)22(18)26-21(25-16)20-9-3-5-14-28(20)23(29)19-8-2-4-12-24-19/h2,4,8,12,17,20H,3,5-7,9-11,13-15H2,1H3/t20-/m1/s1. The van der Waals surface area contributed by atoms with Crippen LogP contribution >= 0.6 is 0 Å². The molecule has 6 nitrogen and oxygen atoms in total. The maximum atomic E-state index is 13.2. The molecule has 1 saturated heterocycles. The van der Waals surface area contributed by atoms with Crippen molar-refractivity contribution in [1.29, 1.82) is 0 Å². The van der Waals surface area contributed by atoms with Gasteiger partial charge in [-0.2, -0.15) is 0 Å². The third kappa shape index (κ3) is 3.72. The summed E-state index contributed by atoms with van der Waals surface area (Å²) in [7, 11) is 0. The van der Waals surface area contributed by atoms with Gasteiger partial charge in [-0.1, -0.05) is 6.07 Å². The van der Waals surface area contributed by atoms with Crippen molar-refractivity contribution in [3.05, 3.63) is 47.2 Å². The highest BCUT2D eigenvalue weighted by molar-refractivity contribution is 5.92. The van der Waals surface area contributed by atoms with Crippen LogP contribution in [-0.4, -0.2) is 45.4 Å². The van der Waals surface area contributed by atoms with Gasteiger partial charge in [-0.25, -0.2) is 9.97 Å². The van der Waals surface area contributed by atoms with Crippen LogP contribution in [0, 0.1) is 12.8 Å². The van der Waals surface area contributed by atoms with Crippen LogP contribution < -0.4 is 4.90 Å². The van der Waals surface area contributed by atoms with Crippen LogP contribution in [0.25, 0.3) is 0 Å². The molecule has 0 unspecified atom stereocenters. The molecular formula is C23H29N5O. The van der Waals surface area contributed by atoms with Crippen LogP contribution in [0.3, 0.4) is 0 Å². The molecule has 0 spiro atoms. The number of amides is 1. The Bertz CT molecular complexity index is 896. The Kier molecular flexibility index (Phi) is 4.94. The van der Waals surface area contributed by atoms with Gasteiger partial charge < -0.3 is 9.80 Å². The van der Waals surface area contributed by atoms with Gasteiger partial charge in [-0.3, -0.25) is 9.78 Å². The van der Waals surface area contributed by atoms with Crippen molar-refractivity contribution in [1.82, 2.24) is 19.9 Å². The molecule has 3 aliphatic rings. The van der Waals surface area contributed by atoms with Gasteiger partial charge in [0.2, 0.25) is 0 Å². The lowest BCUT2D eigenvalue weighted by Gasteiger charge is -2.36. The predicted molar refractivity (Wildman–Crippen MR) is 112 cm³/mol.